The van der Waals surface area contributed by atoms with Crippen LogP contribution in [0.1, 0.15) is 43.9 Å². The largest absolute Gasteiger partial charge is 0.487 e. The van der Waals surface area contributed by atoms with Crippen LogP contribution in [0.3, 0.4) is 0 Å². The number of nitrogens with one attached hydrogen (secondary N) is 1. The average Bonchev–Trinajstić information content (AvgIpc) is 3.18. The van der Waals surface area contributed by atoms with Crippen molar-refractivity contribution in [2.24, 2.45) is 5.92 Å². The summed E-state index contributed by atoms with van der Waals surface area (Å²) < 4.78 is 11.7. The van der Waals surface area contributed by atoms with E-state index < -0.39 is 5.60 Å². The van der Waals surface area contributed by atoms with E-state index in [9.17, 15) is 4.79 Å². The Morgan fingerprint density at radius 1 is 1.23 bits per heavy atom. The van der Waals surface area contributed by atoms with Gasteiger partial charge < -0.3 is 19.7 Å². The van der Waals surface area contributed by atoms with Crippen molar-refractivity contribution in [3.05, 3.63) is 65.6 Å². The quantitative estimate of drug-likeness (QED) is 0.512. The minimum Gasteiger partial charge on any atom is -0.487 e. The minimum absolute atomic E-state index is 0.223. The number of pyridine rings is 2. The van der Waals surface area contributed by atoms with E-state index >= 15 is 0 Å². The number of likely N-dealkylation sites (tertiary alicyclic amines) is 1. The molecule has 0 radical (unpaired) electrons. The second kappa shape index (κ2) is 9.21. The van der Waals surface area contributed by atoms with Crippen molar-refractivity contribution in [2.45, 2.75) is 52.7 Å². The van der Waals surface area contributed by atoms with Crippen LogP contribution in [0.25, 0.3) is 11.1 Å². The number of rotatable bonds is 3. The van der Waals surface area contributed by atoms with E-state index in [-0.39, 0.29) is 6.09 Å². The normalized spacial score (nSPS) is 17.0. The van der Waals surface area contributed by atoms with E-state index in [2.05, 4.69) is 33.5 Å². The smallest absolute Gasteiger partial charge is 0.410 e. The first-order valence-electron chi connectivity index (χ1n) is 12.2. The average molecular weight is 473 g/mol. The zero-order valence-corrected chi connectivity index (χ0v) is 20.8. The zero-order valence-electron chi connectivity index (χ0n) is 20.8. The van der Waals surface area contributed by atoms with Crippen LogP contribution in [0.5, 0.6) is 5.75 Å². The Morgan fingerprint density at radius 2 is 2.09 bits per heavy atom. The van der Waals surface area contributed by atoms with Crippen LogP contribution in [0.15, 0.2) is 48.9 Å². The Hall–Kier alpha value is -3.61. The SMILES string of the molecule is Cc1cncc(-c2ccnc3c2COc2ccc(CC4CCN(C(=O)OC(C)(C)C)C4)cc2N3)c1. The third kappa shape index (κ3) is 5.24. The maximum atomic E-state index is 12.4. The summed E-state index contributed by atoms with van der Waals surface area (Å²) in [5.41, 5.74) is 5.89. The third-order valence-corrected chi connectivity index (χ3v) is 6.37. The van der Waals surface area contributed by atoms with E-state index in [1.165, 1.54) is 5.56 Å². The Kier molecular flexibility index (Phi) is 6.09. The standard InChI is InChI=1S/C28H32N4O3/c1-18-11-21(15-29-14-18)22-7-9-30-26-23(22)17-34-25-6-5-19(13-24(25)31-26)12-20-8-10-32(16-20)27(33)35-28(2,3)4/h5-7,9,11,13-15,20H,8,10,12,16-17H2,1-4H3,(H,30,31). The highest BCUT2D eigenvalue weighted by Gasteiger charge is 2.30. The van der Waals surface area contributed by atoms with Gasteiger partial charge in [-0.1, -0.05) is 6.07 Å². The van der Waals surface area contributed by atoms with Gasteiger partial charge in [-0.2, -0.15) is 0 Å². The molecule has 35 heavy (non-hydrogen) atoms. The van der Waals surface area contributed by atoms with Gasteiger partial charge in [-0.25, -0.2) is 9.78 Å². The van der Waals surface area contributed by atoms with Crippen LogP contribution in [-0.4, -0.2) is 39.7 Å². The van der Waals surface area contributed by atoms with Gasteiger partial charge in [-0.15, -0.1) is 0 Å². The number of hydrogen-bond acceptors (Lipinski definition) is 6. The van der Waals surface area contributed by atoms with Crippen molar-refractivity contribution >= 4 is 17.6 Å². The number of benzene rings is 1. The van der Waals surface area contributed by atoms with E-state index in [1.807, 2.05) is 63.3 Å². The van der Waals surface area contributed by atoms with E-state index in [0.29, 0.717) is 19.1 Å². The number of carbonyl (C=O) groups is 1. The molecule has 2 aliphatic heterocycles. The molecule has 7 heteroatoms. The second-order valence-electron chi connectivity index (χ2n) is 10.5. The maximum absolute atomic E-state index is 12.4. The number of hydrogen-bond donors (Lipinski definition) is 1. The summed E-state index contributed by atoms with van der Waals surface area (Å²) in [6, 6.07) is 10.4. The highest BCUT2D eigenvalue weighted by Crippen LogP contribution is 2.38. The van der Waals surface area contributed by atoms with Crippen molar-refractivity contribution in [1.29, 1.82) is 0 Å². The topological polar surface area (TPSA) is 76.6 Å². The van der Waals surface area contributed by atoms with Gasteiger partial charge in [0.2, 0.25) is 0 Å². The summed E-state index contributed by atoms with van der Waals surface area (Å²) >= 11 is 0. The lowest BCUT2D eigenvalue weighted by Gasteiger charge is -2.24. The second-order valence-corrected chi connectivity index (χ2v) is 10.5. The van der Waals surface area contributed by atoms with Gasteiger partial charge >= 0.3 is 6.09 Å². The lowest BCUT2D eigenvalue weighted by Crippen LogP contribution is -2.35. The van der Waals surface area contributed by atoms with Crippen molar-refractivity contribution in [2.75, 3.05) is 18.4 Å². The molecule has 1 amide bonds. The fourth-order valence-corrected chi connectivity index (χ4v) is 4.75. The Balaban J connectivity index is 1.32. The summed E-state index contributed by atoms with van der Waals surface area (Å²) in [5.74, 6) is 2.01. The van der Waals surface area contributed by atoms with Crippen molar-refractivity contribution < 1.29 is 14.3 Å². The van der Waals surface area contributed by atoms with E-state index in [1.54, 1.807) is 0 Å². The molecule has 2 aromatic heterocycles. The molecule has 0 bridgehead atoms. The van der Waals surface area contributed by atoms with E-state index in [0.717, 1.165) is 58.9 Å². The van der Waals surface area contributed by atoms with Crippen LogP contribution in [0.2, 0.25) is 0 Å². The first-order chi connectivity index (χ1) is 16.7. The molecule has 2 aliphatic rings. The molecular formula is C28H32N4O3. The molecule has 182 valence electrons. The molecule has 0 spiro atoms. The summed E-state index contributed by atoms with van der Waals surface area (Å²) in [5, 5.41) is 3.50. The van der Waals surface area contributed by atoms with Gasteiger partial charge in [0.15, 0.2) is 0 Å². The number of aryl methyl sites for hydroxylation is 1. The van der Waals surface area contributed by atoms with Gasteiger partial charge in [0.1, 0.15) is 23.8 Å². The molecule has 1 atom stereocenters. The van der Waals surface area contributed by atoms with Crippen LogP contribution in [0.4, 0.5) is 16.3 Å². The molecule has 1 fully saturated rings. The number of aromatic nitrogens is 2. The van der Waals surface area contributed by atoms with Crippen molar-refractivity contribution in [1.82, 2.24) is 14.9 Å². The van der Waals surface area contributed by atoms with Crippen molar-refractivity contribution in [3.63, 3.8) is 0 Å². The first kappa shape index (κ1) is 23.1. The molecule has 1 aromatic carbocycles. The predicted molar refractivity (Wildman–Crippen MR) is 136 cm³/mol. The maximum Gasteiger partial charge on any atom is 0.410 e. The lowest BCUT2D eigenvalue weighted by molar-refractivity contribution is 0.0288. The van der Waals surface area contributed by atoms with E-state index in [4.69, 9.17) is 9.47 Å². The number of fused-ring (bicyclic) bond motifs is 2. The number of carbonyl (C=O) groups excluding carboxylic acids is 1. The first-order valence-corrected chi connectivity index (χ1v) is 12.2. The molecule has 1 saturated heterocycles. The van der Waals surface area contributed by atoms with Crippen LogP contribution >= 0.6 is 0 Å². The molecule has 1 unspecified atom stereocenters. The molecule has 0 aliphatic carbocycles. The predicted octanol–water partition coefficient (Wildman–Crippen LogP) is 5.89. The Morgan fingerprint density at radius 3 is 2.89 bits per heavy atom. The molecule has 1 N–H and O–H groups in total. The summed E-state index contributed by atoms with van der Waals surface area (Å²) in [6.07, 6.45) is 7.19. The van der Waals surface area contributed by atoms with Gasteiger partial charge in [-0.3, -0.25) is 4.98 Å². The third-order valence-electron chi connectivity index (χ3n) is 6.37. The molecule has 4 heterocycles. The Labute approximate surface area is 206 Å². The van der Waals surface area contributed by atoms with Gasteiger partial charge in [0.05, 0.1) is 5.69 Å². The number of amides is 1. The van der Waals surface area contributed by atoms with Crippen LogP contribution in [-0.2, 0) is 17.8 Å². The Bertz CT molecular complexity index is 1250. The fraction of sp³-hybridized carbons (Fsp3) is 0.393. The van der Waals surface area contributed by atoms with Crippen LogP contribution < -0.4 is 10.1 Å². The monoisotopic (exact) mass is 472 g/mol. The molecule has 5 rings (SSSR count). The van der Waals surface area contributed by atoms with Gasteiger partial charge in [-0.05, 0) is 87.4 Å². The highest BCUT2D eigenvalue weighted by molar-refractivity contribution is 5.76. The van der Waals surface area contributed by atoms with Gasteiger partial charge in [0, 0.05) is 42.8 Å². The molecule has 7 nitrogen and oxygen atoms in total. The number of nitrogens with zero attached hydrogens (tertiary/aromatic N) is 3. The zero-order chi connectivity index (χ0) is 24.6. The molecule has 0 saturated carbocycles. The minimum atomic E-state index is -0.474. The molecule has 3 aromatic rings. The highest BCUT2D eigenvalue weighted by atomic mass is 16.6. The van der Waals surface area contributed by atoms with Crippen LogP contribution in [0, 0.1) is 12.8 Å². The summed E-state index contributed by atoms with van der Waals surface area (Å²) in [4.78, 5) is 23.2. The lowest BCUT2D eigenvalue weighted by atomic mass is 9.98. The number of anilines is 2. The summed E-state index contributed by atoms with van der Waals surface area (Å²) in [7, 11) is 0. The van der Waals surface area contributed by atoms with Crippen molar-refractivity contribution in [3.8, 4) is 16.9 Å². The number of ether oxygens (including phenoxy) is 2. The molecular weight excluding hydrogens is 440 g/mol. The summed E-state index contributed by atoms with van der Waals surface area (Å²) in [6.45, 7) is 9.62. The fourth-order valence-electron chi connectivity index (χ4n) is 4.75. The van der Waals surface area contributed by atoms with Gasteiger partial charge in [0.25, 0.3) is 0 Å².